The molecule has 2 N–H and O–H groups in total. The molecular formula is C19H21NO4. The summed E-state index contributed by atoms with van der Waals surface area (Å²) >= 11 is 0. The van der Waals surface area contributed by atoms with Gasteiger partial charge in [-0.2, -0.15) is 0 Å². The number of nitrogens with one attached hydrogen (secondary N) is 1. The van der Waals surface area contributed by atoms with E-state index < -0.39 is 5.97 Å². The number of amides is 1. The van der Waals surface area contributed by atoms with Crippen LogP contribution in [-0.2, 0) is 9.59 Å². The van der Waals surface area contributed by atoms with E-state index in [4.69, 9.17) is 9.84 Å². The van der Waals surface area contributed by atoms with Crippen LogP contribution in [0.25, 0.3) is 10.8 Å². The Bertz CT molecular complexity index is 732. The van der Waals surface area contributed by atoms with E-state index in [9.17, 15) is 9.59 Å². The molecule has 0 unspecified atom stereocenters. The summed E-state index contributed by atoms with van der Waals surface area (Å²) in [6.45, 7) is 0.476. The molecule has 1 fully saturated rings. The Morgan fingerprint density at radius 1 is 1.12 bits per heavy atom. The predicted molar refractivity (Wildman–Crippen MR) is 91.0 cm³/mol. The minimum Gasteiger partial charge on any atom is -0.493 e. The molecule has 0 aromatic heterocycles. The van der Waals surface area contributed by atoms with Crippen molar-refractivity contribution in [2.24, 2.45) is 5.92 Å². The van der Waals surface area contributed by atoms with Crippen LogP contribution >= 0.6 is 0 Å². The molecule has 1 saturated carbocycles. The number of carbonyl (C=O) groups excluding carboxylic acids is 1. The Morgan fingerprint density at radius 3 is 2.67 bits per heavy atom. The van der Waals surface area contributed by atoms with Gasteiger partial charge in [-0.1, -0.05) is 36.4 Å². The molecule has 1 aliphatic rings. The third kappa shape index (κ3) is 3.85. The van der Waals surface area contributed by atoms with E-state index >= 15 is 0 Å². The summed E-state index contributed by atoms with van der Waals surface area (Å²) in [5.41, 5.74) is 0. The van der Waals surface area contributed by atoms with Gasteiger partial charge in [0.1, 0.15) is 5.75 Å². The molecule has 3 rings (SSSR count). The fourth-order valence-corrected chi connectivity index (χ4v) is 2.97. The summed E-state index contributed by atoms with van der Waals surface area (Å²) in [6, 6.07) is 14.0. The second-order valence-electron chi connectivity index (χ2n) is 6.20. The molecule has 2 aromatic carbocycles. The standard InChI is InChI=1S/C19H21NO4/c21-18(20-15-11-14(12-15)19(22)23)9-4-10-24-17-8-3-6-13-5-1-2-7-16(13)17/h1-3,5-8,14-15H,4,9-12H2,(H,20,21)(H,22,23). The monoisotopic (exact) mass is 327 g/mol. The third-order valence-corrected chi connectivity index (χ3v) is 4.41. The maximum absolute atomic E-state index is 11.8. The first-order valence-corrected chi connectivity index (χ1v) is 8.26. The van der Waals surface area contributed by atoms with E-state index in [1.54, 1.807) is 0 Å². The number of carboxylic acids is 1. The average molecular weight is 327 g/mol. The van der Waals surface area contributed by atoms with Crippen LogP contribution in [-0.4, -0.2) is 29.6 Å². The molecule has 0 saturated heterocycles. The lowest BCUT2D eigenvalue weighted by atomic mass is 9.80. The number of carboxylic acid groups (broad SMARTS) is 1. The molecule has 1 aliphatic carbocycles. The SMILES string of the molecule is O=C(CCCOc1cccc2ccccc12)NC1CC(C(=O)O)C1. The number of aliphatic carboxylic acids is 1. The Labute approximate surface area is 140 Å². The molecule has 2 aromatic rings. The molecule has 5 nitrogen and oxygen atoms in total. The summed E-state index contributed by atoms with van der Waals surface area (Å²) in [5, 5.41) is 13.9. The van der Waals surface area contributed by atoms with Gasteiger partial charge in [-0.05, 0) is 30.7 Å². The maximum atomic E-state index is 11.8. The van der Waals surface area contributed by atoms with Crippen LogP contribution in [0.1, 0.15) is 25.7 Å². The molecule has 1 amide bonds. The molecule has 0 radical (unpaired) electrons. The van der Waals surface area contributed by atoms with Gasteiger partial charge in [-0.15, -0.1) is 0 Å². The smallest absolute Gasteiger partial charge is 0.306 e. The quantitative estimate of drug-likeness (QED) is 0.767. The highest BCUT2D eigenvalue weighted by Gasteiger charge is 2.34. The summed E-state index contributed by atoms with van der Waals surface area (Å²) in [4.78, 5) is 22.6. The summed E-state index contributed by atoms with van der Waals surface area (Å²) in [5.74, 6) is -0.281. The second kappa shape index (κ2) is 7.34. The van der Waals surface area contributed by atoms with Crippen molar-refractivity contribution in [3.05, 3.63) is 42.5 Å². The van der Waals surface area contributed by atoms with Crippen LogP contribution in [0.15, 0.2) is 42.5 Å². The largest absolute Gasteiger partial charge is 0.493 e. The van der Waals surface area contributed by atoms with Crippen LogP contribution in [0.4, 0.5) is 0 Å². The van der Waals surface area contributed by atoms with Gasteiger partial charge in [0.2, 0.25) is 5.91 Å². The first-order valence-electron chi connectivity index (χ1n) is 8.26. The van der Waals surface area contributed by atoms with Gasteiger partial charge in [0.15, 0.2) is 0 Å². The number of hydrogen-bond acceptors (Lipinski definition) is 3. The van der Waals surface area contributed by atoms with E-state index in [2.05, 4.69) is 5.32 Å². The maximum Gasteiger partial charge on any atom is 0.306 e. The molecule has 126 valence electrons. The van der Waals surface area contributed by atoms with Gasteiger partial charge in [-0.3, -0.25) is 9.59 Å². The van der Waals surface area contributed by atoms with Crippen molar-refractivity contribution in [1.82, 2.24) is 5.32 Å². The van der Waals surface area contributed by atoms with Crippen LogP contribution in [0.2, 0.25) is 0 Å². The number of fused-ring (bicyclic) bond motifs is 1. The van der Waals surface area contributed by atoms with Crippen molar-refractivity contribution < 1.29 is 19.4 Å². The number of rotatable bonds is 7. The average Bonchev–Trinajstić information content (AvgIpc) is 2.54. The van der Waals surface area contributed by atoms with Gasteiger partial charge in [0.05, 0.1) is 12.5 Å². The predicted octanol–water partition coefficient (Wildman–Crippen LogP) is 2.98. The van der Waals surface area contributed by atoms with Crippen molar-refractivity contribution >= 4 is 22.6 Å². The van der Waals surface area contributed by atoms with Crippen molar-refractivity contribution in [3.8, 4) is 5.75 Å². The first kappa shape index (κ1) is 16.3. The van der Waals surface area contributed by atoms with E-state index in [0.29, 0.717) is 32.3 Å². The molecule has 5 heteroatoms. The normalized spacial score (nSPS) is 19.5. The highest BCUT2D eigenvalue weighted by Crippen LogP contribution is 2.27. The van der Waals surface area contributed by atoms with Crippen molar-refractivity contribution in [2.75, 3.05) is 6.61 Å². The summed E-state index contributed by atoms with van der Waals surface area (Å²) in [7, 11) is 0. The van der Waals surface area contributed by atoms with Crippen LogP contribution in [0.3, 0.4) is 0 Å². The van der Waals surface area contributed by atoms with Crippen molar-refractivity contribution in [1.29, 1.82) is 0 Å². The fraction of sp³-hybridized carbons (Fsp3) is 0.368. The zero-order valence-corrected chi connectivity index (χ0v) is 13.4. The molecule has 0 heterocycles. The van der Waals surface area contributed by atoms with E-state index in [0.717, 1.165) is 16.5 Å². The summed E-state index contributed by atoms with van der Waals surface area (Å²) < 4.78 is 5.81. The number of benzene rings is 2. The van der Waals surface area contributed by atoms with Gasteiger partial charge in [0, 0.05) is 17.8 Å². The molecule has 0 atom stereocenters. The number of ether oxygens (including phenoxy) is 1. The minimum atomic E-state index is -0.774. The highest BCUT2D eigenvalue weighted by molar-refractivity contribution is 5.88. The van der Waals surface area contributed by atoms with Crippen molar-refractivity contribution in [3.63, 3.8) is 0 Å². The zero-order valence-electron chi connectivity index (χ0n) is 13.4. The Kier molecular flexibility index (Phi) is 4.99. The molecule has 0 aliphatic heterocycles. The Balaban J connectivity index is 1.39. The van der Waals surface area contributed by atoms with Gasteiger partial charge in [-0.25, -0.2) is 0 Å². The summed E-state index contributed by atoms with van der Waals surface area (Å²) in [6.07, 6.45) is 2.09. The fourth-order valence-electron chi connectivity index (χ4n) is 2.97. The Morgan fingerprint density at radius 2 is 1.88 bits per heavy atom. The van der Waals surface area contributed by atoms with Crippen LogP contribution in [0.5, 0.6) is 5.75 Å². The number of hydrogen-bond donors (Lipinski definition) is 2. The minimum absolute atomic E-state index is 0.0117. The topological polar surface area (TPSA) is 75.6 Å². The third-order valence-electron chi connectivity index (χ3n) is 4.41. The zero-order chi connectivity index (χ0) is 16.9. The van der Waals surface area contributed by atoms with E-state index in [1.807, 2.05) is 42.5 Å². The molecule has 0 bridgehead atoms. The second-order valence-corrected chi connectivity index (χ2v) is 6.20. The van der Waals surface area contributed by atoms with E-state index in [-0.39, 0.29) is 17.9 Å². The molecule has 24 heavy (non-hydrogen) atoms. The van der Waals surface area contributed by atoms with Crippen molar-refractivity contribution in [2.45, 2.75) is 31.7 Å². The van der Waals surface area contributed by atoms with Gasteiger partial charge >= 0.3 is 5.97 Å². The highest BCUT2D eigenvalue weighted by atomic mass is 16.5. The lowest BCUT2D eigenvalue weighted by Crippen LogP contribution is -2.46. The van der Waals surface area contributed by atoms with Gasteiger partial charge < -0.3 is 15.2 Å². The molecule has 0 spiro atoms. The lowest BCUT2D eigenvalue weighted by Gasteiger charge is -2.32. The van der Waals surface area contributed by atoms with Gasteiger partial charge in [0.25, 0.3) is 0 Å². The lowest BCUT2D eigenvalue weighted by molar-refractivity contribution is -0.146. The Hall–Kier alpha value is -2.56. The van der Waals surface area contributed by atoms with E-state index in [1.165, 1.54) is 0 Å². The van der Waals surface area contributed by atoms with Crippen LogP contribution < -0.4 is 10.1 Å². The molecular weight excluding hydrogens is 306 g/mol. The number of carbonyl (C=O) groups is 2. The first-order chi connectivity index (χ1) is 11.6. The van der Waals surface area contributed by atoms with Crippen LogP contribution in [0, 0.1) is 5.92 Å².